The summed E-state index contributed by atoms with van der Waals surface area (Å²) in [6.45, 7) is 4.27. The molecule has 0 aromatic rings. The summed E-state index contributed by atoms with van der Waals surface area (Å²) in [4.78, 5) is 12.0. The zero-order valence-corrected chi connectivity index (χ0v) is 15.2. The van der Waals surface area contributed by atoms with Crippen molar-refractivity contribution in [1.82, 2.24) is 0 Å². The monoisotopic (exact) mass is 318 g/mol. The van der Waals surface area contributed by atoms with Gasteiger partial charge in [-0.25, -0.2) is 0 Å². The predicted octanol–water partition coefficient (Wildman–Crippen LogP) is 5.79. The van der Waals surface area contributed by atoms with Crippen molar-refractivity contribution in [1.29, 1.82) is 0 Å². The van der Waals surface area contributed by atoms with Crippen LogP contribution in [0, 0.1) is 5.92 Å². The van der Waals surface area contributed by atoms with E-state index < -0.39 is 0 Å². The molecule has 2 unspecified atom stereocenters. The topological polar surface area (TPSA) is 26.3 Å². The molecule has 0 aromatic carbocycles. The number of ether oxygens (including phenoxy) is 1. The zero-order valence-electron chi connectivity index (χ0n) is 15.2. The standard InChI is InChI=1S/C21H34O2/c1-4-5-6-7-8-9-10-11-12-13-14-15-16-19-17-21(2,23-3)18-20(19)22/h7-8,10-11,13-14,19H,4-6,9,12,15-18H2,1-3H3. The smallest absolute Gasteiger partial charge is 0.138 e. The molecule has 1 saturated carbocycles. The molecule has 0 spiro atoms. The van der Waals surface area contributed by atoms with Crippen LogP contribution in [0.25, 0.3) is 0 Å². The fourth-order valence-corrected chi connectivity index (χ4v) is 3.04. The summed E-state index contributed by atoms with van der Waals surface area (Å²) in [7, 11) is 1.71. The van der Waals surface area contributed by atoms with Gasteiger partial charge in [-0.05, 0) is 45.4 Å². The van der Waals surface area contributed by atoms with Gasteiger partial charge in [-0.3, -0.25) is 4.79 Å². The van der Waals surface area contributed by atoms with Crippen molar-refractivity contribution >= 4 is 5.78 Å². The van der Waals surface area contributed by atoms with Gasteiger partial charge in [-0.1, -0.05) is 56.2 Å². The number of methoxy groups -OCH3 is 1. The van der Waals surface area contributed by atoms with Crippen LogP contribution in [0.5, 0.6) is 0 Å². The maximum Gasteiger partial charge on any atom is 0.138 e. The molecule has 1 fully saturated rings. The molecule has 0 N–H and O–H groups in total. The van der Waals surface area contributed by atoms with Crippen LogP contribution in [-0.2, 0) is 9.53 Å². The molecule has 0 aromatic heterocycles. The van der Waals surface area contributed by atoms with Crippen LogP contribution in [0.1, 0.15) is 71.6 Å². The average molecular weight is 319 g/mol. The van der Waals surface area contributed by atoms with Gasteiger partial charge in [0.25, 0.3) is 0 Å². The molecule has 1 aliphatic carbocycles. The molecule has 1 rings (SSSR count). The zero-order chi connectivity index (χ0) is 17.0. The van der Waals surface area contributed by atoms with E-state index in [0.717, 1.165) is 32.1 Å². The lowest BCUT2D eigenvalue weighted by Crippen LogP contribution is -2.23. The fraction of sp³-hybridized carbons (Fsp3) is 0.667. The molecule has 2 atom stereocenters. The highest BCUT2D eigenvalue weighted by atomic mass is 16.5. The third kappa shape index (κ3) is 8.31. The molecule has 0 aliphatic heterocycles. The number of Topliss-reactive ketones (excluding diaryl/α,β-unsaturated/α-hetero) is 1. The summed E-state index contributed by atoms with van der Waals surface area (Å²) in [5.41, 5.74) is -0.223. The van der Waals surface area contributed by atoms with Gasteiger partial charge in [-0.15, -0.1) is 0 Å². The van der Waals surface area contributed by atoms with Crippen LogP contribution >= 0.6 is 0 Å². The van der Waals surface area contributed by atoms with Crippen molar-refractivity contribution in [3.8, 4) is 0 Å². The molecule has 2 nitrogen and oxygen atoms in total. The second kappa shape index (κ2) is 11.4. The molecule has 0 heterocycles. The molecular weight excluding hydrogens is 284 g/mol. The highest BCUT2D eigenvalue weighted by Gasteiger charge is 2.40. The Morgan fingerprint density at radius 1 is 1.09 bits per heavy atom. The van der Waals surface area contributed by atoms with Gasteiger partial charge in [0.15, 0.2) is 0 Å². The third-order valence-electron chi connectivity index (χ3n) is 4.62. The quantitative estimate of drug-likeness (QED) is 0.356. The predicted molar refractivity (Wildman–Crippen MR) is 98.6 cm³/mol. The summed E-state index contributed by atoms with van der Waals surface area (Å²) in [5.74, 6) is 0.561. The summed E-state index contributed by atoms with van der Waals surface area (Å²) < 4.78 is 5.46. The molecule has 0 amide bonds. The number of rotatable bonds is 11. The number of carbonyl (C=O) groups excluding carboxylic acids is 1. The first kappa shape index (κ1) is 19.9. The summed E-state index contributed by atoms with van der Waals surface area (Å²) in [5, 5.41) is 0. The van der Waals surface area contributed by atoms with Crippen LogP contribution in [0.3, 0.4) is 0 Å². The maximum absolute atomic E-state index is 12.0. The lowest BCUT2D eigenvalue weighted by Gasteiger charge is -2.20. The normalized spacial score (nSPS) is 25.5. The number of hydrogen-bond donors (Lipinski definition) is 0. The van der Waals surface area contributed by atoms with Gasteiger partial charge in [0.05, 0.1) is 5.60 Å². The van der Waals surface area contributed by atoms with E-state index in [1.165, 1.54) is 19.3 Å². The third-order valence-corrected chi connectivity index (χ3v) is 4.62. The first-order chi connectivity index (χ1) is 11.1. The van der Waals surface area contributed by atoms with E-state index in [1.807, 2.05) is 6.92 Å². The van der Waals surface area contributed by atoms with Crippen molar-refractivity contribution in [2.45, 2.75) is 77.2 Å². The Labute approximate surface area is 142 Å². The van der Waals surface area contributed by atoms with Crippen molar-refractivity contribution in [3.05, 3.63) is 36.5 Å². The van der Waals surface area contributed by atoms with E-state index in [9.17, 15) is 4.79 Å². The molecule has 1 aliphatic rings. The largest absolute Gasteiger partial charge is 0.378 e. The number of ketones is 1. The van der Waals surface area contributed by atoms with Crippen LogP contribution in [-0.4, -0.2) is 18.5 Å². The van der Waals surface area contributed by atoms with Crippen LogP contribution in [0.2, 0.25) is 0 Å². The van der Waals surface area contributed by atoms with Crippen LogP contribution < -0.4 is 0 Å². The fourth-order valence-electron chi connectivity index (χ4n) is 3.04. The van der Waals surface area contributed by atoms with Gasteiger partial charge in [0, 0.05) is 19.4 Å². The first-order valence-electron chi connectivity index (χ1n) is 9.14. The van der Waals surface area contributed by atoms with E-state index in [-0.39, 0.29) is 11.5 Å². The van der Waals surface area contributed by atoms with Crippen LogP contribution in [0.4, 0.5) is 0 Å². The van der Waals surface area contributed by atoms with Gasteiger partial charge >= 0.3 is 0 Å². The molecular formula is C21H34O2. The first-order valence-corrected chi connectivity index (χ1v) is 9.14. The lowest BCUT2D eigenvalue weighted by atomic mass is 9.98. The minimum Gasteiger partial charge on any atom is -0.378 e. The number of unbranched alkanes of at least 4 members (excludes halogenated alkanes) is 2. The second-order valence-electron chi connectivity index (χ2n) is 6.80. The van der Waals surface area contributed by atoms with Gasteiger partial charge in [0.2, 0.25) is 0 Å². The number of allylic oxidation sites excluding steroid dienone is 6. The van der Waals surface area contributed by atoms with Crippen molar-refractivity contribution in [2.75, 3.05) is 7.11 Å². The van der Waals surface area contributed by atoms with E-state index in [2.05, 4.69) is 43.4 Å². The Bertz CT molecular complexity index is 420. The second-order valence-corrected chi connectivity index (χ2v) is 6.80. The van der Waals surface area contributed by atoms with E-state index in [4.69, 9.17) is 4.74 Å². The van der Waals surface area contributed by atoms with Gasteiger partial charge < -0.3 is 4.74 Å². The average Bonchev–Trinajstić information content (AvgIpc) is 2.83. The summed E-state index contributed by atoms with van der Waals surface area (Å²) in [6.07, 6.45) is 22.5. The Morgan fingerprint density at radius 3 is 2.26 bits per heavy atom. The molecule has 0 bridgehead atoms. The van der Waals surface area contributed by atoms with Gasteiger partial charge in [0.1, 0.15) is 5.78 Å². The lowest BCUT2D eigenvalue weighted by molar-refractivity contribution is -0.121. The SMILES string of the molecule is CCCCC=CCC=CCC=CCCC1CC(C)(OC)CC1=O. The minimum atomic E-state index is -0.223. The molecule has 0 saturated heterocycles. The van der Waals surface area contributed by atoms with Crippen molar-refractivity contribution < 1.29 is 9.53 Å². The Hall–Kier alpha value is -1.15. The highest BCUT2D eigenvalue weighted by molar-refractivity contribution is 5.84. The van der Waals surface area contributed by atoms with E-state index >= 15 is 0 Å². The van der Waals surface area contributed by atoms with Gasteiger partial charge in [-0.2, -0.15) is 0 Å². The highest BCUT2D eigenvalue weighted by Crippen LogP contribution is 2.36. The molecule has 2 heteroatoms. The minimum absolute atomic E-state index is 0.188. The maximum atomic E-state index is 12.0. The number of hydrogen-bond acceptors (Lipinski definition) is 2. The van der Waals surface area contributed by atoms with Crippen LogP contribution in [0.15, 0.2) is 36.5 Å². The molecule has 23 heavy (non-hydrogen) atoms. The Kier molecular flexibility index (Phi) is 9.86. The summed E-state index contributed by atoms with van der Waals surface area (Å²) in [6, 6.07) is 0. The van der Waals surface area contributed by atoms with E-state index in [0.29, 0.717) is 12.2 Å². The van der Waals surface area contributed by atoms with E-state index in [1.54, 1.807) is 7.11 Å². The Morgan fingerprint density at radius 2 is 1.70 bits per heavy atom. The number of carbonyl (C=O) groups is 1. The molecule has 130 valence electrons. The summed E-state index contributed by atoms with van der Waals surface area (Å²) >= 11 is 0. The molecule has 0 radical (unpaired) electrons. The Balaban J connectivity index is 2.09. The van der Waals surface area contributed by atoms with Crippen molar-refractivity contribution in [3.63, 3.8) is 0 Å². The van der Waals surface area contributed by atoms with Crippen molar-refractivity contribution in [2.24, 2.45) is 5.92 Å².